The third-order valence-electron chi connectivity index (χ3n) is 3.27. The van der Waals surface area contributed by atoms with Gasteiger partial charge in [0.2, 0.25) is 0 Å². The van der Waals surface area contributed by atoms with Crippen molar-refractivity contribution in [3.63, 3.8) is 0 Å². The molecule has 0 bridgehead atoms. The van der Waals surface area contributed by atoms with Gasteiger partial charge in [-0.1, -0.05) is 19.9 Å². The summed E-state index contributed by atoms with van der Waals surface area (Å²) in [4.78, 5) is 35.3. The average Bonchev–Trinajstić information content (AvgIpc) is 2.53. The normalized spacial score (nSPS) is 11.8. The van der Waals surface area contributed by atoms with Crippen molar-refractivity contribution >= 4 is 17.8 Å². The van der Waals surface area contributed by atoms with Crippen LogP contribution >= 0.6 is 0 Å². The van der Waals surface area contributed by atoms with Crippen LogP contribution in [0.25, 0.3) is 0 Å². The molecule has 1 rings (SSSR count). The van der Waals surface area contributed by atoms with Crippen LogP contribution in [0.4, 0.5) is 4.39 Å². The van der Waals surface area contributed by atoms with Crippen molar-refractivity contribution in [1.29, 1.82) is 0 Å². The molecule has 0 aliphatic carbocycles. The Morgan fingerprint density at radius 3 is 2.46 bits per heavy atom. The van der Waals surface area contributed by atoms with E-state index in [0.29, 0.717) is 12.0 Å². The van der Waals surface area contributed by atoms with Crippen molar-refractivity contribution in [2.24, 2.45) is 5.92 Å². The van der Waals surface area contributed by atoms with Crippen LogP contribution in [0.1, 0.15) is 36.2 Å². The van der Waals surface area contributed by atoms with E-state index in [1.165, 1.54) is 19.2 Å². The number of carbonyl (C=O) groups excluding carboxylic acids is 3. The number of hydrogen-bond donors (Lipinski definition) is 1. The summed E-state index contributed by atoms with van der Waals surface area (Å²) in [5.74, 6) is -2.39. The maximum atomic E-state index is 13.4. The third kappa shape index (κ3) is 5.98. The average molecular weight is 339 g/mol. The SMILES string of the molecule is COC(=O)[C@@H](CC(C)C)NC(=O)COC(=O)c1ccc(C)c(F)c1. The highest BCUT2D eigenvalue weighted by atomic mass is 19.1. The maximum Gasteiger partial charge on any atom is 0.338 e. The van der Waals surface area contributed by atoms with Crippen molar-refractivity contribution in [3.8, 4) is 0 Å². The molecule has 24 heavy (non-hydrogen) atoms. The summed E-state index contributed by atoms with van der Waals surface area (Å²) in [7, 11) is 1.23. The zero-order chi connectivity index (χ0) is 18.3. The van der Waals surface area contributed by atoms with E-state index in [9.17, 15) is 18.8 Å². The summed E-state index contributed by atoms with van der Waals surface area (Å²) in [5, 5.41) is 2.46. The first kappa shape index (κ1) is 19.6. The quantitative estimate of drug-likeness (QED) is 0.768. The van der Waals surface area contributed by atoms with E-state index in [1.54, 1.807) is 6.92 Å². The monoisotopic (exact) mass is 339 g/mol. The zero-order valence-electron chi connectivity index (χ0n) is 14.2. The number of benzene rings is 1. The van der Waals surface area contributed by atoms with Gasteiger partial charge in [-0.25, -0.2) is 14.0 Å². The highest BCUT2D eigenvalue weighted by Gasteiger charge is 2.23. The van der Waals surface area contributed by atoms with Gasteiger partial charge in [-0.05, 0) is 37.0 Å². The molecule has 0 unspecified atom stereocenters. The van der Waals surface area contributed by atoms with Gasteiger partial charge in [-0.2, -0.15) is 0 Å². The highest BCUT2D eigenvalue weighted by Crippen LogP contribution is 2.10. The molecule has 0 radical (unpaired) electrons. The van der Waals surface area contributed by atoms with Gasteiger partial charge in [0.15, 0.2) is 6.61 Å². The van der Waals surface area contributed by atoms with Gasteiger partial charge in [0, 0.05) is 0 Å². The summed E-state index contributed by atoms with van der Waals surface area (Å²) >= 11 is 0. The topological polar surface area (TPSA) is 81.7 Å². The van der Waals surface area contributed by atoms with E-state index in [4.69, 9.17) is 4.74 Å². The van der Waals surface area contributed by atoms with Gasteiger partial charge in [0.05, 0.1) is 12.7 Å². The largest absolute Gasteiger partial charge is 0.467 e. The summed E-state index contributed by atoms with van der Waals surface area (Å²) in [6.07, 6.45) is 0.398. The fourth-order valence-electron chi connectivity index (χ4n) is 2.00. The second-order valence-corrected chi connectivity index (χ2v) is 5.81. The van der Waals surface area contributed by atoms with E-state index in [1.807, 2.05) is 13.8 Å². The van der Waals surface area contributed by atoms with Crippen molar-refractivity contribution in [3.05, 3.63) is 35.1 Å². The predicted molar refractivity (Wildman–Crippen MR) is 84.8 cm³/mol. The number of nitrogens with one attached hydrogen (secondary N) is 1. The van der Waals surface area contributed by atoms with E-state index in [-0.39, 0.29) is 11.5 Å². The molecule has 0 heterocycles. The maximum absolute atomic E-state index is 13.4. The molecule has 1 aromatic rings. The molecule has 0 spiro atoms. The van der Waals surface area contributed by atoms with Crippen molar-refractivity contribution in [1.82, 2.24) is 5.32 Å². The van der Waals surface area contributed by atoms with Gasteiger partial charge in [0.1, 0.15) is 11.9 Å². The smallest absolute Gasteiger partial charge is 0.338 e. The Labute approximate surface area is 140 Å². The van der Waals surface area contributed by atoms with E-state index < -0.39 is 36.3 Å². The van der Waals surface area contributed by atoms with Crippen LogP contribution in [0.3, 0.4) is 0 Å². The van der Waals surface area contributed by atoms with Crippen LogP contribution in [-0.4, -0.2) is 37.6 Å². The Kier molecular flexibility index (Phi) is 7.35. The van der Waals surface area contributed by atoms with Crippen molar-refractivity contribution < 1.29 is 28.2 Å². The molecule has 6 nitrogen and oxygen atoms in total. The molecule has 1 amide bonds. The minimum absolute atomic E-state index is 0.0117. The Balaban J connectivity index is 2.58. The number of hydrogen-bond acceptors (Lipinski definition) is 5. The summed E-state index contributed by atoms with van der Waals surface area (Å²) < 4.78 is 22.9. The van der Waals surface area contributed by atoms with Crippen LogP contribution in [-0.2, 0) is 19.1 Å². The number of esters is 2. The fourth-order valence-corrected chi connectivity index (χ4v) is 2.00. The minimum atomic E-state index is -0.817. The molecule has 0 saturated heterocycles. The lowest BCUT2D eigenvalue weighted by Gasteiger charge is -2.18. The molecule has 0 saturated carbocycles. The number of ether oxygens (including phenoxy) is 2. The van der Waals surface area contributed by atoms with E-state index in [0.717, 1.165) is 6.07 Å². The molecular formula is C17H22FNO5. The summed E-state index contributed by atoms with van der Waals surface area (Å²) in [6.45, 7) is 4.79. The first-order valence-corrected chi connectivity index (χ1v) is 7.55. The lowest BCUT2D eigenvalue weighted by molar-refractivity contribution is -0.145. The molecule has 1 N–H and O–H groups in total. The molecule has 0 aromatic heterocycles. The lowest BCUT2D eigenvalue weighted by atomic mass is 10.0. The van der Waals surface area contributed by atoms with Crippen molar-refractivity contribution in [2.75, 3.05) is 13.7 Å². The number of halogens is 1. The number of carbonyl (C=O) groups is 3. The Bertz CT molecular complexity index is 615. The van der Waals surface area contributed by atoms with Gasteiger partial charge in [0.25, 0.3) is 5.91 Å². The number of rotatable bonds is 7. The zero-order valence-corrected chi connectivity index (χ0v) is 14.2. The molecule has 132 valence electrons. The first-order chi connectivity index (χ1) is 11.2. The summed E-state index contributed by atoms with van der Waals surface area (Å²) in [5.41, 5.74) is 0.413. The van der Waals surface area contributed by atoms with E-state index >= 15 is 0 Å². The van der Waals surface area contributed by atoms with Gasteiger partial charge in [-0.15, -0.1) is 0 Å². The molecule has 1 aromatic carbocycles. The number of amides is 1. The molecule has 0 aliphatic rings. The first-order valence-electron chi connectivity index (χ1n) is 7.55. The molecule has 0 aliphatic heterocycles. The number of methoxy groups -OCH3 is 1. The Hall–Kier alpha value is -2.44. The van der Waals surface area contributed by atoms with E-state index in [2.05, 4.69) is 10.1 Å². The van der Waals surface area contributed by atoms with Crippen LogP contribution < -0.4 is 5.32 Å². The number of aryl methyl sites for hydroxylation is 1. The van der Waals surface area contributed by atoms with Crippen LogP contribution in [0.5, 0.6) is 0 Å². The Morgan fingerprint density at radius 1 is 1.25 bits per heavy atom. The van der Waals surface area contributed by atoms with Gasteiger partial charge in [-0.3, -0.25) is 4.79 Å². The minimum Gasteiger partial charge on any atom is -0.467 e. The van der Waals surface area contributed by atoms with Crippen LogP contribution in [0.15, 0.2) is 18.2 Å². The fraction of sp³-hybridized carbons (Fsp3) is 0.471. The Morgan fingerprint density at radius 2 is 1.92 bits per heavy atom. The predicted octanol–water partition coefficient (Wildman–Crippen LogP) is 1.99. The van der Waals surface area contributed by atoms with Crippen LogP contribution in [0, 0.1) is 18.7 Å². The molecule has 7 heteroatoms. The van der Waals surface area contributed by atoms with Crippen LogP contribution in [0.2, 0.25) is 0 Å². The second-order valence-electron chi connectivity index (χ2n) is 5.81. The summed E-state index contributed by atoms with van der Waals surface area (Å²) in [6, 6.07) is 3.10. The molecular weight excluding hydrogens is 317 g/mol. The van der Waals surface area contributed by atoms with Gasteiger partial charge < -0.3 is 14.8 Å². The molecule has 1 atom stereocenters. The third-order valence-corrected chi connectivity index (χ3v) is 3.27. The highest BCUT2D eigenvalue weighted by molar-refractivity contribution is 5.92. The van der Waals surface area contributed by atoms with Gasteiger partial charge >= 0.3 is 11.9 Å². The molecule has 0 fully saturated rings. The lowest BCUT2D eigenvalue weighted by Crippen LogP contribution is -2.44. The van der Waals surface area contributed by atoms with Crippen molar-refractivity contribution in [2.45, 2.75) is 33.2 Å². The standard InChI is InChI=1S/C17H22FNO5/c1-10(2)7-14(17(22)23-4)19-15(20)9-24-16(21)12-6-5-11(3)13(18)8-12/h5-6,8,10,14H,7,9H2,1-4H3,(H,19,20)/t14-/m1/s1. The second kappa shape index (κ2) is 9.00.